The van der Waals surface area contributed by atoms with Crippen LogP contribution >= 0.6 is 11.8 Å². The Bertz CT molecular complexity index is 1190. The summed E-state index contributed by atoms with van der Waals surface area (Å²) in [7, 11) is 0. The second-order valence-electron chi connectivity index (χ2n) is 8.90. The quantitative estimate of drug-likeness (QED) is 0.487. The maximum absolute atomic E-state index is 13.2. The molecule has 0 unspecified atom stereocenters. The van der Waals surface area contributed by atoms with Gasteiger partial charge in [0.2, 0.25) is 11.8 Å². The van der Waals surface area contributed by atoms with E-state index in [4.69, 9.17) is 15.2 Å². The molecule has 3 aliphatic heterocycles. The fourth-order valence-corrected chi connectivity index (χ4v) is 6.17. The van der Waals surface area contributed by atoms with Crippen LogP contribution in [0, 0.1) is 0 Å². The molecule has 3 N–H and O–H groups in total. The van der Waals surface area contributed by atoms with E-state index in [1.165, 1.54) is 16.7 Å². The van der Waals surface area contributed by atoms with E-state index in [9.17, 15) is 19.2 Å². The molecular weight excluding hydrogens is 458 g/mol. The van der Waals surface area contributed by atoms with Gasteiger partial charge in [0.25, 0.3) is 6.29 Å². The third-order valence-electron chi connectivity index (χ3n) is 6.28. The second kappa shape index (κ2) is 8.14. The number of amides is 2. The van der Waals surface area contributed by atoms with Crippen LogP contribution in [0.15, 0.2) is 54.6 Å². The van der Waals surface area contributed by atoms with E-state index in [2.05, 4.69) is 5.32 Å². The Morgan fingerprint density at radius 3 is 2.53 bits per heavy atom. The minimum Gasteiger partial charge on any atom is -0.419 e. The number of cyclic esters (lactones) is 1. The Hall–Kier alpha value is -3.37. The lowest BCUT2D eigenvalue weighted by Crippen LogP contribution is -2.71. The lowest BCUT2D eigenvalue weighted by Gasteiger charge is -2.44. The summed E-state index contributed by atoms with van der Waals surface area (Å²) < 4.78 is 10.1. The van der Waals surface area contributed by atoms with Gasteiger partial charge >= 0.3 is 11.9 Å². The molecule has 2 amide bonds. The summed E-state index contributed by atoms with van der Waals surface area (Å²) in [6.07, 6.45) is -1.16. The summed E-state index contributed by atoms with van der Waals surface area (Å²) in [6, 6.07) is 12.9. The highest BCUT2D eigenvalue weighted by molar-refractivity contribution is 8.01. The average Bonchev–Trinajstić information content (AvgIpc) is 3.28. The molecule has 2 aromatic carbocycles. The molecule has 0 spiro atoms. The first-order valence-electron chi connectivity index (χ1n) is 10.8. The number of β-lactam (4-membered cyclic amide) rings is 1. The molecule has 2 fully saturated rings. The predicted molar refractivity (Wildman–Crippen MR) is 122 cm³/mol. The SMILES string of the molecule is CC1(C)S[C@@H]2[C@H](NC(=O)[C@H](N)c3ccccc3)C(=O)N2[C@H]1C(=O)O[C@@H]1OC(=O)c2ccccc21. The Morgan fingerprint density at radius 1 is 1.12 bits per heavy atom. The molecule has 2 aromatic rings. The zero-order valence-corrected chi connectivity index (χ0v) is 19.3. The number of ether oxygens (including phenoxy) is 2. The van der Waals surface area contributed by atoms with Gasteiger partial charge in [-0.3, -0.25) is 9.59 Å². The molecule has 3 heterocycles. The summed E-state index contributed by atoms with van der Waals surface area (Å²) in [5.74, 6) is -2.09. The van der Waals surface area contributed by atoms with Crippen molar-refractivity contribution in [1.29, 1.82) is 0 Å². The molecule has 0 bridgehead atoms. The van der Waals surface area contributed by atoms with Crippen LogP contribution in [0.2, 0.25) is 0 Å². The molecule has 176 valence electrons. The van der Waals surface area contributed by atoms with Crippen molar-refractivity contribution in [3.63, 3.8) is 0 Å². The van der Waals surface area contributed by atoms with Crippen molar-refractivity contribution in [3.05, 3.63) is 71.3 Å². The molecule has 0 radical (unpaired) electrons. The summed E-state index contributed by atoms with van der Waals surface area (Å²) in [5.41, 5.74) is 7.51. The van der Waals surface area contributed by atoms with Gasteiger partial charge in [-0.1, -0.05) is 48.5 Å². The molecule has 34 heavy (non-hydrogen) atoms. The fraction of sp³-hybridized carbons (Fsp3) is 0.333. The number of rotatable bonds is 5. The van der Waals surface area contributed by atoms with Gasteiger partial charge in [-0.05, 0) is 25.5 Å². The van der Waals surface area contributed by atoms with Crippen LogP contribution in [-0.2, 0) is 23.9 Å². The van der Waals surface area contributed by atoms with E-state index in [1.54, 1.807) is 48.5 Å². The number of hydrogen-bond acceptors (Lipinski definition) is 8. The van der Waals surface area contributed by atoms with Crippen molar-refractivity contribution < 1.29 is 28.7 Å². The van der Waals surface area contributed by atoms with Crippen LogP contribution in [0.25, 0.3) is 0 Å². The number of nitrogens with zero attached hydrogens (tertiary/aromatic N) is 1. The van der Waals surface area contributed by atoms with Gasteiger partial charge in [0, 0.05) is 10.3 Å². The van der Waals surface area contributed by atoms with Crippen molar-refractivity contribution in [1.82, 2.24) is 10.2 Å². The van der Waals surface area contributed by atoms with Crippen LogP contribution in [0.3, 0.4) is 0 Å². The van der Waals surface area contributed by atoms with Crippen LogP contribution in [0.4, 0.5) is 0 Å². The highest BCUT2D eigenvalue weighted by Crippen LogP contribution is 2.51. The van der Waals surface area contributed by atoms with Gasteiger partial charge in [-0.25, -0.2) is 9.59 Å². The van der Waals surface area contributed by atoms with Crippen LogP contribution in [-0.4, -0.2) is 50.9 Å². The summed E-state index contributed by atoms with van der Waals surface area (Å²) >= 11 is 1.40. The third kappa shape index (κ3) is 3.54. The first-order valence-corrected chi connectivity index (χ1v) is 11.7. The molecule has 9 nitrogen and oxygen atoms in total. The van der Waals surface area contributed by atoms with Gasteiger partial charge in [0.1, 0.15) is 23.5 Å². The topological polar surface area (TPSA) is 128 Å². The van der Waals surface area contributed by atoms with Gasteiger partial charge in [-0.15, -0.1) is 11.8 Å². The van der Waals surface area contributed by atoms with Gasteiger partial charge in [0.15, 0.2) is 0 Å². The van der Waals surface area contributed by atoms with Crippen molar-refractivity contribution in [3.8, 4) is 0 Å². The molecule has 2 saturated heterocycles. The lowest BCUT2D eigenvalue weighted by molar-refractivity contribution is -0.180. The Morgan fingerprint density at radius 2 is 1.79 bits per heavy atom. The minimum absolute atomic E-state index is 0.343. The van der Waals surface area contributed by atoms with E-state index in [1.807, 2.05) is 19.9 Å². The zero-order chi connectivity index (χ0) is 24.2. The van der Waals surface area contributed by atoms with Crippen LogP contribution in [0.1, 0.15) is 47.7 Å². The molecule has 0 aromatic heterocycles. The number of thioether (sulfide) groups is 1. The van der Waals surface area contributed by atoms with Gasteiger partial charge < -0.3 is 25.4 Å². The molecule has 0 saturated carbocycles. The standard InChI is InChI=1S/C24H23N3O6S/c1-24(2)17(22(31)33-23-14-11-7-6-10-13(14)21(30)32-23)27-19(29)16(20(27)34-24)26-18(28)15(25)12-8-4-3-5-9-12/h3-11,15-17,20,23H,25H2,1-2H3,(H,26,28)/t15-,16-,17+,20-,23+/m1/s1. The predicted octanol–water partition coefficient (Wildman–Crippen LogP) is 1.65. The molecule has 5 rings (SSSR count). The van der Waals surface area contributed by atoms with Crippen LogP contribution in [0.5, 0.6) is 0 Å². The molecule has 3 aliphatic rings. The van der Waals surface area contributed by atoms with E-state index in [-0.39, 0.29) is 5.91 Å². The van der Waals surface area contributed by atoms with Crippen molar-refractivity contribution in [2.24, 2.45) is 5.73 Å². The maximum Gasteiger partial charge on any atom is 0.342 e. The van der Waals surface area contributed by atoms with Crippen molar-refractivity contribution >= 4 is 35.5 Å². The number of fused-ring (bicyclic) bond motifs is 2. The number of nitrogens with one attached hydrogen (secondary N) is 1. The zero-order valence-electron chi connectivity index (χ0n) is 18.5. The number of nitrogens with two attached hydrogens (primary N) is 1. The number of benzene rings is 2. The Labute approximate surface area is 199 Å². The first-order chi connectivity index (χ1) is 16.2. The monoisotopic (exact) mass is 481 g/mol. The van der Waals surface area contributed by atoms with Gasteiger partial charge in [0.05, 0.1) is 5.56 Å². The highest BCUT2D eigenvalue weighted by Gasteiger charge is 2.65. The van der Waals surface area contributed by atoms with Crippen molar-refractivity contribution in [2.75, 3.05) is 0 Å². The average molecular weight is 482 g/mol. The second-order valence-corrected chi connectivity index (χ2v) is 10.7. The van der Waals surface area contributed by atoms with E-state index in [0.29, 0.717) is 16.7 Å². The van der Waals surface area contributed by atoms with E-state index >= 15 is 0 Å². The number of carbonyl (C=O) groups excluding carboxylic acids is 4. The smallest absolute Gasteiger partial charge is 0.342 e. The molecular formula is C24H23N3O6S. The number of carbonyl (C=O) groups is 4. The fourth-order valence-electron chi connectivity index (χ4n) is 4.55. The highest BCUT2D eigenvalue weighted by atomic mass is 32.2. The molecule has 0 aliphatic carbocycles. The summed E-state index contributed by atoms with van der Waals surface area (Å²) in [5, 5.41) is 2.29. The van der Waals surface area contributed by atoms with Gasteiger partial charge in [-0.2, -0.15) is 0 Å². The summed E-state index contributed by atoms with van der Waals surface area (Å²) in [4.78, 5) is 52.3. The molecule has 10 heteroatoms. The van der Waals surface area contributed by atoms with Crippen molar-refractivity contribution in [2.45, 2.75) is 48.4 Å². The largest absolute Gasteiger partial charge is 0.419 e. The van der Waals surface area contributed by atoms with E-state index < -0.39 is 52.4 Å². The Kier molecular flexibility index (Phi) is 5.37. The lowest BCUT2D eigenvalue weighted by atomic mass is 9.95. The first kappa shape index (κ1) is 22.4. The third-order valence-corrected chi connectivity index (χ3v) is 7.85. The number of hydrogen-bond donors (Lipinski definition) is 2. The normalized spacial score (nSPS) is 27.2. The Balaban J connectivity index is 1.28. The maximum atomic E-state index is 13.2. The minimum atomic E-state index is -1.16. The summed E-state index contributed by atoms with van der Waals surface area (Å²) in [6.45, 7) is 3.66. The number of esters is 2. The molecule has 5 atom stereocenters. The van der Waals surface area contributed by atoms with E-state index in [0.717, 1.165) is 0 Å². The van der Waals surface area contributed by atoms with Crippen LogP contribution < -0.4 is 11.1 Å².